The fraction of sp³-hybridized carbons (Fsp3) is 0.231. The van der Waals surface area contributed by atoms with Crippen LogP contribution in [0, 0.1) is 0 Å². The first-order valence-corrected chi connectivity index (χ1v) is 7.06. The molecule has 0 radical (unpaired) electrons. The Bertz CT molecular complexity index is 598. The molecule has 0 fully saturated rings. The van der Waals surface area contributed by atoms with Gasteiger partial charge in [0.2, 0.25) is 0 Å². The number of carbonyl (C=O) groups is 1. The van der Waals surface area contributed by atoms with Gasteiger partial charge in [0.25, 0.3) is 0 Å². The second-order valence-corrected chi connectivity index (χ2v) is 5.28. The molecular weight excluding hydrogens is 284 g/mol. The standard InChI is InChI=1S/C13H13ClN2O2S/c1-2-8-4-6-19-10(8)7-16-12-11(14)9(13(17)18)3-5-15-12/h3-6H,2,7H2,1H3,(H,15,16)(H,17,18). The smallest absolute Gasteiger partial charge is 0.337 e. The quantitative estimate of drug-likeness (QED) is 0.884. The van der Waals surface area contributed by atoms with Crippen LogP contribution in [0.15, 0.2) is 23.7 Å². The van der Waals surface area contributed by atoms with Gasteiger partial charge in [-0.2, -0.15) is 0 Å². The third-order valence-corrected chi connectivity index (χ3v) is 4.10. The fourth-order valence-corrected chi connectivity index (χ4v) is 2.91. The number of aryl methyl sites for hydroxylation is 1. The zero-order valence-corrected chi connectivity index (χ0v) is 11.9. The molecule has 0 amide bonds. The van der Waals surface area contributed by atoms with Gasteiger partial charge < -0.3 is 10.4 Å². The van der Waals surface area contributed by atoms with Gasteiger partial charge in [-0.1, -0.05) is 18.5 Å². The van der Waals surface area contributed by atoms with E-state index in [1.54, 1.807) is 11.3 Å². The number of hydrogen-bond donors (Lipinski definition) is 2. The maximum atomic E-state index is 11.0. The number of thiophene rings is 1. The molecule has 0 spiro atoms. The highest BCUT2D eigenvalue weighted by Gasteiger charge is 2.13. The number of aromatic carboxylic acids is 1. The van der Waals surface area contributed by atoms with Crippen molar-refractivity contribution in [2.24, 2.45) is 0 Å². The highest BCUT2D eigenvalue weighted by Crippen LogP contribution is 2.25. The van der Waals surface area contributed by atoms with Gasteiger partial charge in [-0.3, -0.25) is 0 Å². The van der Waals surface area contributed by atoms with E-state index in [-0.39, 0.29) is 10.6 Å². The van der Waals surface area contributed by atoms with E-state index < -0.39 is 5.97 Å². The van der Waals surface area contributed by atoms with Crippen molar-refractivity contribution in [3.63, 3.8) is 0 Å². The minimum Gasteiger partial charge on any atom is -0.478 e. The first kappa shape index (κ1) is 13.8. The molecule has 2 N–H and O–H groups in total. The van der Waals surface area contributed by atoms with Crippen molar-refractivity contribution in [1.82, 2.24) is 4.98 Å². The summed E-state index contributed by atoms with van der Waals surface area (Å²) in [6.45, 7) is 2.69. The number of hydrogen-bond acceptors (Lipinski definition) is 4. The van der Waals surface area contributed by atoms with Crippen molar-refractivity contribution in [2.75, 3.05) is 5.32 Å². The van der Waals surface area contributed by atoms with Gasteiger partial charge in [0.05, 0.1) is 17.1 Å². The molecule has 6 heteroatoms. The summed E-state index contributed by atoms with van der Waals surface area (Å²) in [4.78, 5) is 16.3. The second-order valence-electron chi connectivity index (χ2n) is 3.90. The van der Waals surface area contributed by atoms with Gasteiger partial charge in [0.1, 0.15) is 5.82 Å². The molecule has 0 bridgehead atoms. The summed E-state index contributed by atoms with van der Waals surface area (Å²) in [6, 6.07) is 3.48. The largest absolute Gasteiger partial charge is 0.478 e. The molecule has 19 heavy (non-hydrogen) atoms. The molecule has 0 atom stereocenters. The van der Waals surface area contributed by atoms with Crippen molar-refractivity contribution in [1.29, 1.82) is 0 Å². The molecule has 0 aliphatic heterocycles. The normalized spacial score (nSPS) is 10.4. The average molecular weight is 297 g/mol. The molecule has 0 aliphatic rings. The fourth-order valence-electron chi connectivity index (χ4n) is 1.73. The van der Waals surface area contributed by atoms with Crippen LogP contribution in [0.3, 0.4) is 0 Å². The van der Waals surface area contributed by atoms with Crippen LogP contribution in [0.25, 0.3) is 0 Å². The predicted octanol–water partition coefficient (Wildman–Crippen LogP) is 3.67. The lowest BCUT2D eigenvalue weighted by atomic mass is 10.2. The topological polar surface area (TPSA) is 62.2 Å². The lowest BCUT2D eigenvalue weighted by Crippen LogP contribution is -2.05. The average Bonchev–Trinajstić information content (AvgIpc) is 2.84. The minimum atomic E-state index is -1.05. The Kier molecular flexibility index (Phi) is 4.39. The summed E-state index contributed by atoms with van der Waals surface area (Å²) in [5, 5.41) is 14.3. The Labute approximate surface area is 120 Å². The summed E-state index contributed by atoms with van der Waals surface area (Å²) in [5.41, 5.74) is 1.34. The Morgan fingerprint density at radius 1 is 1.53 bits per heavy atom. The van der Waals surface area contributed by atoms with Crippen LogP contribution in [0.2, 0.25) is 5.02 Å². The van der Waals surface area contributed by atoms with Crippen LogP contribution >= 0.6 is 22.9 Å². The summed E-state index contributed by atoms with van der Waals surface area (Å²) in [7, 11) is 0. The molecule has 2 aromatic heterocycles. The molecule has 2 rings (SSSR count). The summed E-state index contributed by atoms with van der Waals surface area (Å²) in [5.74, 6) is -0.655. The zero-order chi connectivity index (χ0) is 13.8. The van der Waals surface area contributed by atoms with E-state index in [0.717, 1.165) is 6.42 Å². The minimum absolute atomic E-state index is 0.0565. The van der Waals surface area contributed by atoms with Gasteiger partial charge in [-0.05, 0) is 29.5 Å². The van der Waals surface area contributed by atoms with Crippen molar-refractivity contribution in [3.05, 3.63) is 44.7 Å². The number of carboxylic acids is 1. The van der Waals surface area contributed by atoms with E-state index in [1.807, 2.05) is 5.38 Å². The van der Waals surface area contributed by atoms with Gasteiger partial charge in [-0.15, -0.1) is 11.3 Å². The third kappa shape index (κ3) is 3.05. The maximum Gasteiger partial charge on any atom is 0.337 e. The SMILES string of the molecule is CCc1ccsc1CNc1nccc(C(=O)O)c1Cl. The summed E-state index contributed by atoms with van der Waals surface area (Å²) >= 11 is 7.68. The summed E-state index contributed by atoms with van der Waals surface area (Å²) < 4.78 is 0. The van der Waals surface area contributed by atoms with Crippen molar-refractivity contribution in [2.45, 2.75) is 19.9 Å². The van der Waals surface area contributed by atoms with Gasteiger partial charge in [0.15, 0.2) is 0 Å². The van der Waals surface area contributed by atoms with Crippen LogP contribution < -0.4 is 5.32 Å². The number of anilines is 1. The van der Waals surface area contributed by atoms with Gasteiger partial charge in [0, 0.05) is 11.1 Å². The lowest BCUT2D eigenvalue weighted by molar-refractivity contribution is 0.0697. The van der Waals surface area contributed by atoms with E-state index in [4.69, 9.17) is 16.7 Å². The van der Waals surface area contributed by atoms with Crippen LogP contribution in [0.1, 0.15) is 27.7 Å². The van der Waals surface area contributed by atoms with Gasteiger partial charge >= 0.3 is 5.97 Å². The molecule has 2 aromatic rings. The Balaban J connectivity index is 2.16. The maximum absolute atomic E-state index is 11.0. The number of carboxylic acid groups (broad SMARTS) is 1. The second kappa shape index (κ2) is 6.04. The van der Waals surface area contributed by atoms with E-state index in [2.05, 4.69) is 23.3 Å². The van der Waals surface area contributed by atoms with Crippen LogP contribution in [-0.4, -0.2) is 16.1 Å². The first-order valence-electron chi connectivity index (χ1n) is 5.80. The van der Waals surface area contributed by atoms with E-state index in [0.29, 0.717) is 12.4 Å². The molecule has 2 heterocycles. The zero-order valence-electron chi connectivity index (χ0n) is 10.3. The van der Waals surface area contributed by atoms with Crippen molar-refractivity contribution < 1.29 is 9.90 Å². The lowest BCUT2D eigenvalue weighted by Gasteiger charge is -2.09. The number of rotatable bonds is 5. The Hall–Kier alpha value is -1.59. The highest BCUT2D eigenvalue weighted by molar-refractivity contribution is 7.10. The highest BCUT2D eigenvalue weighted by atomic mass is 35.5. The number of nitrogens with zero attached hydrogens (tertiary/aromatic N) is 1. The monoisotopic (exact) mass is 296 g/mol. The van der Waals surface area contributed by atoms with Crippen molar-refractivity contribution in [3.8, 4) is 0 Å². The number of pyridine rings is 1. The van der Waals surface area contributed by atoms with E-state index in [9.17, 15) is 4.79 Å². The molecule has 0 unspecified atom stereocenters. The number of halogens is 1. The van der Waals surface area contributed by atoms with Crippen LogP contribution in [0.5, 0.6) is 0 Å². The van der Waals surface area contributed by atoms with E-state index >= 15 is 0 Å². The molecule has 0 saturated heterocycles. The van der Waals surface area contributed by atoms with Gasteiger partial charge in [-0.25, -0.2) is 9.78 Å². The van der Waals surface area contributed by atoms with Crippen LogP contribution in [0.4, 0.5) is 5.82 Å². The first-order chi connectivity index (χ1) is 9.13. The molecule has 0 saturated carbocycles. The van der Waals surface area contributed by atoms with E-state index in [1.165, 1.54) is 22.7 Å². The molecule has 0 aliphatic carbocycles. The molecule has 4 nitrogen and oxygen atoms in total. The number of aromatic nitrogens is 1. The predicted molar refractivity (Wildman–Crippen MR) is 77.2 cm³/mol. The summed E-state index contributed by atoms with van der Waals surface area (Å²) in [6.07, 6.45) is 2.41. The van der Waals surface area contributed by atoms with Crippen molar-refractivity contribution >= 4 is 34.7 Å². The van der Waals surface area contributed by atoms with Crippen LogP contribution in [-0.2, 0) is 13.0 Å². The molecular formula is C13H13ClN2O2S. The third-order valence-electron chi connectivity index (χ3n) is 2.75. The number of nitrogens with one attached hydrogen (secondary N) is 1. The Morgan fingerprint density at radius 3 is 3.00 bits per heavy atom. The molecule has 0 aromatic carbocycles. The Morgan fingerprint density at radius 2 is 2.32 bits per heavy atom. The molecule has 100 valence electrons.